The van der Waals surface area contributed by atoms with Gasteiger partial charge in [0.15, 0.2) is 0 Å². The zero-order valence-electron chi connectivity index (χ0n) is 8.72. The number of ether oxygens (including phenoxy) is 1. The number of rotatable bonds is 4. The van der Waals surface area contributed by atoms with Crippen LogP contribution in [0.2, 0.25) is 0 Å². The largest absolute Gasteiger partial charge is 0.469 e. The predicted molar refractivity (Wildman–Crippen MR) is 51.4 cm³/mol. The second kappa shape index (κ2) is 4.09. The first kappa shape index (κ1) is 10.5. The van der Waals surface area contributed by atoms with E-state index in [1.807, 2.05) is 13.8 Å². The summed E-state index contributed by atoms with van der Waals surface area (Å²) in [5, 5.41) is 3.37. The highest BCUT2D eigenvalue weighted by Crippen LogP contribution is 2.21. The van der Waals surface area contributed by atoms with Gasteiger partial charge in [0.1, 0.15) is 0 Å². The van der Waals surface area contributed by atoms with Crippen LogP contribution >= 0.6 is 0 Å². The fourth-order valence-corrected chi connectivity index (χ4v) is 1.36. The molecule has 0 spiro atoms. The normalized spacial score (nSPS) is 18.1. The van der Waals surface area contributed by atoms with Gasteiger partial charge in [0.05, 0.1) is 12.5 Å². The van der Waals surface area contributed by atoms with Gasteiger partial charge >= 0.3 is 5.97 Å². The molecule has 3 heteroatoms. The zero-order valence-corrected chi connectivity index (χ0v) is 8.72. The summed E-state index contributed by atoms with van der Waals surface area (Å²) in [7, 11) is 1.44. The van der Waals surface area contributed by atoms with Gasteiger partial charge < -0.3 is 10.1 Å². The molecular formula is C10H19NO2. The van der Waals surface area contributed by atoms with Crippen LogP contribution in [0.4, 0.5) is 0 Å². The number of nitrogens with one attached hydrogen (secondary N) is 1. The molecule has 1 aliphatic carbocycles. The fourth-order valence-electron chi connectivity index (χ4n) is 1.36. The third-order valence-electron chi connectivity index (χ3n) is 2.68. The molecule has 0 unspecified atom stereocenters. The molecule has 1 N–H and O–H groups in total. The lowest BCUT2D eigenvalue weighted by Crippen LogP contribution is -2.44. The van der Waals surface area contributed by atoms with Crippen molar-refractivity contribution in [2.75, 3.05) is 13.7 Å². The van der Waals surface area contributed by atoms with Crippen molar-refractivity contribution in [1.82, 2.24) is 5.32 Å². The molecule has 1 saturated carbocycles. The Bertz CT molecular complexity index is 185. The van der Waals surface area contributed by atoms with E-state index in [4.69, 9.17) is 4.74 Å². The minimum atomic E-state index is -0.398. The molecule has 0 radical (unpaired) electrons. The maximum absolute atomic E-state index is 11.3. The van der Waals surface area contributed by atoms with Crippen LogP contribution in [0.3, 0.4) is 0 Å². The molecule has 0 aromatic heterocycles. The Morgan fingerprint density at radius 1 is 1.54 bits per heavy atom. The molecule has 13 heavy (non-hydrogen) atoms. The van der Waals surface area contributed by atoms with Crippen molar-refractivity contribution in [2.45, 2.75) is 39.2 Å². The first-order chi connectivity index (χ1) is 6.06. The quantitative estimate of drug-likeness (QED) is 0.671. The summed E-state index contributed by atoms with van der Waals surface area (Å²) in [4.78, 5) is 11.3. The number of carbonyl (C=O) groups excluding carboxylic acids is 1. The summed E-state index contributed by atoms with van der Waals surface area (Å²) in [6.45, 7) is 4.53. The Balaban J connectivity index is 2.27. The van der Waals surface area contributed by atoms with E-state index < -0.39 is 5.41 Å². The molecule has 76 valence electrons. The van der Waals surface area contributed by atoms with Gasteiger partial charge in [-0.2, -0.15) is 0 Å². The van der Waals surface area contributed by atoms with E-state index in [0.29, 0.717) is 12.6 Å². The summed E-state index contributed by atoms with van der Waals surface area (Å²) < 4.78 is 4.72. The average molecular weight is 185 g/mol. The van der Waals surface area contributed by atoms with Crippen LogP contribution in [0.5, 0.6) is 0 Å². The first-order valence-electron chi connectivity index (χ1n) is 4.88. The summed E-state index contributed by atoms with van der Waals surface area (Å²) in [5.41, 5.74) is -0.398. The van der Waals surface area contributed by atoms with Gasteiger partial charge in [-0.05, 0) is 26.7 Å². The van der Waals surface area contributed by atoms with Crippen LogP contribution in [-0.2, 0) is 9.53 Å². The molecule has 0 heterocycles. The lowest BCUT2D eigenvalue weighted by atomic mass is 9.89. The van der Waals surface area contributed by atoms with E-state index in [1.54, 1.807) is 0 Å². The Labute approximate surface area is 79.8 Å². The van der Waals surface area contributed by atoms with Gasteiger partial charge in [0.25, 0.3) is 0 Å². The Morgan fingerprint density at radius 2 is 2.15 bits per heavy atom. The topological polar surface area (TPSA) is 38.3 Å². The SMILES string of the molecule is COC(=O)C(C)(C)CNC1CCC1. The number of carbonyl (C=O) groups is 1. The molecule has 0 bridgehead atoms. The zero-order chi connectivity index (χ0) is 9.90. The number of hydrogen-bond acceptors (Lipinski definition) is 3. The third kappa shape index (κ3) is 2.69. The van der Waals surface area contributed by atoms with Crippen molar-refractivity contribution in [3.8, 4) is 0 Å². The fraction of sp³-hybridized carbons (Fsp3) is 0.900. The molecule has 3 nitrogen and oxygen atoms in total. The standard InChI is InChI=1S/C10H19NO2/c1-10(2,9(12)13-3)7-11-8-5-4-6-8/h8,11H,4-7H2,1-3H3. The van der Waals surface area contributed by atoms with Crippen LogP contribution in [0.25, 0.3) is 0 Å². The lowest BCUT2D eigenvalue weighted by molar-refractivity contribution is -0.150. The summed E-state index contributed by atoms with van der Waals surface area (Å²) in [6, 6.07) is 0.629. The monoisotopic (exact) mass is 185 g/mol. The van der Waals surface area contributed by atoms with Crippen molar-refractivity contribution in [3.63, 3.8) is 0 Å². The second-order valence-electron chi connectivity index (χ2n) is 4.38. The molecule has 0 saturated heterocycles. The number of hydrogen-bond donors (Lipinski definition) is 1. The van der Waals surface area contributed by atoms with Gasteiger partial charge in [0, 0.05) is 12.6 Å². The van der Waals surface area contributed by atoms with Crippen molar-refractivity contribution in [2.24, 2.45) is 5.41 Å². The highest BCUT2D eigenvalue weighted by Gasteiger charge is 2.30. The molecule has 0 atom stereocenters. The number of esters is 1. The van der Waals surface area contributed by atoms with Gasteiger partial charge in [-0.3, -0.25) is 4.79 Å². The minimum Gasteiger partial charge on any atom is -0.469 e. The van der Waals surface area contributed by atoms with Gasteiger partial charge in [0.2, 0.25) is 0 Å². The van der Waals surface area contributed by atoms with E-state index in [1.165, 1.54) is 26.4 Å². The van der Waals surface area contributed by atoms with E-state index >= 15 is 0 Å². The van der Waals surface area contributed by atoms with Gasteiger partial charge in [-0.15, -0.1) is 0 Å². The Hall–Kier alpha value is -0.570. The molecule has 1 aliphatic rings. The van der Waals surface area contributed by atoms with E-state index in [-0.39, 0.29) is 5.97 Å². The molecule has 1 rings (SSSR count). The van der Waals surface area contributed by atoms with Crippen LogP contribution in [-0.4, -0.2) is 25.7 Å². The van der Waals surface area contributed by atoms with Crippen molar-refractivity contribution < 1.29 is 9.53 Å². The maximum Gasteiger partial charge on any atom is 0.312 e. The van der Waals surface area contributed by atoms with E-state index in [0.717, 1.165) is 0 Å². The van der Waals surface area contributed by atoms with Crippen LogP contribution in [0.15, 0.2) is 0 Å². The average Bonchev–Trinajstić information content (AvgIpc) is 1.99. The molecule has 0 aromatic carbocycles. The number of methoxy groups -OCH3 is 1. The predicted octanol–water partition coefficient (Wildman–Crippen LogP) is 1.33. The smallest absolute Gasteiger partial charge is 0.312 e. The molecular weight excluding hydrogens is 166 g/mol. The molecule has 0 aromatic rings. The molecule has 0 amide bonds. The van der Waals surface area contributed by atoms with E-state index in [2.05, 4.69) is 5.32 Å². The van der Waals surface area contributed by atoms with Crippen LogP contribution in [0.1, 0.15) is 33.1 Å². The summed E-state index contributed by atoms with van der Waals surface area (Å²) in [5.74, 6) is -0.140. The van der Waals surface area contributed by atoms with E-state index in [9.17, 15) is 4.79 Å². The van der Waals surface area contributed by atoms with Crippen molar-refractivity contribution in [3.05, 3.63) is 0 Å². The van der Waals surface area contributed by atoms with Crippen LogP contribution in [0, 0.1) is 5.41 Å². The van der Waals surface area contributed by atoms with Crippen molar-refractivity contribution >= 4 is 5.97 Å². The van der Waals surface area contributed by atoms with Gasteiger partial charge in [-0.1, -0.05) is 6.42 Å². The van der Waals surface area contributed by atoms with Gasteiger partial charge in [-0.25, -0.2) is 0 Å². The van der Waals surface area contributed by atoms with Crippen molar-refractivity contribution in [1.29, 1.82) is 0 Å². The summed E-state index contributed by atoms with van der Waals surface area (Å²) >= 11 is 0. The highest BCUT2D eigenvalue weighted by molar-refractivity contribution is 5.76. The summed E-state index contributed by atoms with van der Waals surface area (Å²) in [6.07, 6.45) is 3.81. The minimum absolute atomic E-state index is 0.140. The van der Waals surface area contributed by atoms with Crippen LogP contribution < -0.4 is 5.32 Å². The Morgan fingerprint density at radius 3 is 2.54 bits per heavy atom. The third-order valence-corrected chi connectivity index (χ3v) is 2.68. The Kier molecular flexibility index (Phi) is 3.31. The molecule has 1 fully saturated rings. The highest BCUT2D eigenvalue weighted by atomic mass is 16.5. The second-order valence-corrected chi connectivity index (χ2v) is 4.38. The molecule has 0 aliphatic heterocycles. The lowest BCUT2D eigenvalue weighted by Gasteiger charge is -2.30. The maximum atomic E-state index is 11.3. The first-order valence-corrected chi connectivity index (χ1v) is 4.88.